The van der Waals surface area contributed by atoms with Crippen LogP contribution in [0.1, 0.15) is 0 Å². The minimum atomic E-state index is 0.303. The van der Waals surface area contributed by atoms with Gasteiger partial charge in [-0.3, -0.25) is 0 Å². The van der Waals surface area contributed by atoms with Crippen LogP contribution in [0.25, 0.3) is 0 Å². The van der Waals surface area contributed by atoms with Gasteiger partial charge in [0.15, 0.2) is 4.87 Å². The van der Waals surface area contributed by atoms with E-state index >= 15 is 0 Å². The van der Waals surface area contributed by atoms with Gasteiger partial charge in [0.25, 0.3) is 5.69 Å². The predicted molar refractivity (Wildman–Crippen MR) is 60.4 cm³/mol. The summed E-state index contributed by atoms with van der Waals surface area (Å²) < 4.78 is 5.55. The highest BCUT2D eigenvalue weighted by atomic mass is 16.5. The van der Waals surface area contributed by atoms with E-state index in [-0.39, 0.29) is 0 Å². The van der Waals surface area contributed by atoms with Gasteiger partial charge in [0.05, 0.1) is 11.0 Å². The highest BCUT2D eigenvalue weighted by Gasteiger charge is 2.09. The lowest BCUT2D eigenvalue weighted by atomic mass is 10.3. The molecule has 2 N–H and O–H groups in total. The molecular weight excluding hydrogens is 204 g/mol. The van der Waals surface area contributed by atoms with Crippen molar-refractivity contribution in [3.05, 3.63) is 59.5 Å². The first-order chi connectivity index (χ1) is 7.75. The molecule has 2 aromatic rings. The Morgan fingerprint density at radius 1 is 0.938 bits per heavy atom. The lowest BCUT2D eigenvalue weighted by molar-refractivity contribution is -0.474. The largest absolute Gasteiger partial charge is 0.457 e. The van der Waals surface area contributed by atoms with E-state index in [1.807, 2.05) is 30.3 Å². The Kier molecular flexibility index (Phi) is 2.82. The van der Waals surface area contributed by atoms with Gasteiger partial charge in [0, 0.05) is 6.07 Å². The van der Waals surface area contributed by atoms with Gasteiger partial charge in [-0.1, -0.05) is 24.3 Å². The molecule has 0 fully saturated rings. The summed E-state index contributed by atoms with van der Waals surface area (Å²) in [6, 6.07) is 16.0. The summed E-state index contributed by atoms with van der Waals surface area (Å²) >= 11 is 0. The van der Waals surface area contributed by atoms with Crippen LogP contribution in [-0.4, -0.2) is 4.87 Å². The summed E-state index contributed by atoms with van der Waals surface area (Å²) in [7, 11) is 0. The zero-order valence-corrected chi connectivity index (χ0v) is 8.54. The van der Waals surface area contributed by atoms with Gasteiger partial charge in [-0.2, -0.15) is 5.84 Å². The van der Waals surface area contributed by atoms with E-state index in [0.29, 0.717) is 22.1 Å². The van der Waals surface area contributed by atoms with E-state index in [1.54, 1.807) is 24.3 Å². The molecule has 0 spiro atoms. The highest BCUT2D eigenvalue weighted by Crippen LogP contribution is 2.23. The first-order valence-corrected chi connectivity index (χ1v) is 4.80. The van der Waals surface area contributed by atoms with Crippen molar-refractivity contribution in [2.45, 2.75) is 0 Å². The van der Waals surface area contributed by atoms with Crippen LogP contribution in [0.15, 0.2) is 54.6 Å². The Labute approximate surface area is 92.8 Å². The summed E-state index contributed by atoms with van der Waals surface area (Å²) in [6.07, 6.45) is 0. The molecule has 0 radical (unpaired) electrons. The highest BCUT2D eigenvalue weighted by molar-refractivity contribution is 5.40. The summed E-state index contributed by atoms with van der Waals surface area (Å²) in [5.41, 5.74) is 0.355. The van der Waals surface area contributed by atoms with E-state index in [1.165, 1.54) is 0 Å². The Hall–Kier alpha value is -2.36. The second kappa shape index (κ2) is 4.44. The Morgan fingerprint density at radius 2 is 1.62 bits per heavy atom. The van der Waals surface area contributed by atoms with Crippen LogP contribution in [0.2, 0.25) is 0 Å². The number of nitroso groups, excluding NO2 is 1. The van der Waals surface area contributed by atoms with E-state index in [0.717, 1.165) is 0 Å². The smallest absolute Gasteiger partial charge is 0.295 e. The summed E-state index contributed by atoms with van der Waals surface area (Å²) in [6.45, 7) is 0. The van der Waals surface area contributed by atoms with Crippen LogP contribution in [-0.2, 0) is 0 Å². The molecule has 0 aromatic heterocycles. The number of rotatable bonds is 3. The number of para-hydroxylation sites is 1. The number of ether oxygens (including phenoxy) is 1. The Morgan fingerprint density at radius 3 is 2.31 bits per heavy atom. The monoisotopic (exact) mass is 215 g/mol. The van der Waals surface area contributed by atoms with Crippen molar-refractivity contribution >= 4 is 5.69 Å². The van der Waals surface area contributed by atoms with Gasteiger partial charge in [0.2, 0.25) is 0 Å². The molecule has 0 aliphatic rings. The molecule has 2 aromatic carbocycles. The van der Waals surface area contributed by atoms with Gasteiger partial charge in [0.1, 0.15) is 11.5 Å². The van der Waals surface area contributed by atoms with Crippen molar-refractivity contribution in [3.63, 3.8) is 0 Å². The van der Waals surface area contributed by atoms with Crippen molar-refractivity contribution in [1.82, 2.24) is 0 Å². The van der Waals surface area contributed by atoms with Gasteiger partial charge in [-0.25, -0.2) is 0 Å². The predicted octanol–water partition coefficient (Wildman–Crippen LogP) is 2.76. The van der Waals surface area contributed by atoms with Crippen molar-refractivity contribution < 1.29 is 9.61 Å². The van der Waals surface area contributed by atoms with Crippen LogP contribution in [0.3, 0.4) is 0 Å². The zero-order chi connectivity index (χ0) is 11.4. The fraction of sp³-hybridized carbons (Fsp3) is 0. The standard InChI is InChI=1S/C12H11N2O2/c13-14(15)10-5-4-8-12(9-10)16-11-6-2-1-3-7-11/h1-9H,(H2,13,15)/q+1. The third-order valence-electron chi connectivity index (χ3n) is 2.05. The second-order valence-corrected chi connectivity index (χ2v) is 3.24. The van der Waals surface area contributed by atoms with E-state index in [4.69, 9.17) is 10.6 Å². The zero-order valence-electron chi connectivity index (χ0n) is 8.54. The number of nitrogens with zero attached hydrogens (tertiary/aromatic N) is 1. The SMILES string of the molecule is N[N+](=O)c1cccc(Oc2ccccc2)c1. The molecule has 0 saturated carbocycles. The summed E-state index contributed by atoms with van der Waals surface area (Å²) in [4.78, 5) is 11.2. The number of hydrogen-bond acceptors (Lipinski definition) is 2. The van der Waals surface area contributed by atoms with Crippen LogP contribution in [0, 0.1) is 4.91 Å². The third-order valence-corrected chi connectivity index (χ3v) is 2.05. The van der Waals surface area contributed by atoms with Crippen molar-refractivity contribution in [2.24, 2.45) is 5.84 Å². The maximum Gasteiger partial charge on any atom is 0.295 e. The molecule has 0 saturated heterocycles. The van der Waals surface area contributed by atoms with Crippen LogP contribution in [0.4, 0.5) is 5.69 Å². The van der Waals surface area contributed by atoms with Crippen LogP contribution < -0.4 is 10.6 Å². The molecule has 0 unspecified atom stereocenters. The molecule has 0 amide bonds. The number of nitrogens with two attached hydrogens (primary N) is 1. The first-order valence-electron chi connectivity index (χ1n) is 4.80. The van der Waals surface area contributed by atoms with E-state index in [2.05, 4.69) is 0 Å². The molecule has 0 atom stereocenters. The normalized spacial score (nSPS) is 9.75. The van der Waals surface area contributed by atoms with Gasteiger partial charge in [-0.15, -0.1) is 0 Å². The quantitative estimate of drug-likeness (QED) is 0.486. The molecule has 16 heavy (non-hydrogen) atoms. The van der Waals surface area contributed by atoms with E-state index < -0.39 is 0 Å². The molecule has 4 nitrogen and oxygen atoms in total. The van der Waals surface area contributed by atoms with Crippen LogP contribution >= 0.6 is 0 Å². The molecule has 0 heterocycles. The molecule has 80 valence electrons. The van der Waals surface area contributed by atoms with Crippen molar-refractivity contribution in [1.29, 1.82) is 0 Å². The Balaban J connectivity index is 2.22. The average Bonchev–Trinajstić information content (AvgIpc) is 2.30. The molecule has 2 rings (SSSR count). The lowest BCUT2D eigenvalue weighted by Crippen LogP contribution is -2.08. The van der Waals surface area contributed by atoms with Crippen molar-refractivity contribution in [2.75, 3.05) is 0 Å². The van der Waals surface area contributed by atoms with Gasteiger partial charge < -0.3 is 4.74 Å². The fourth-order valence-electron chi connectivity index (χ4n) is 1.31. The number of hydrazine groups is 1. The molecule has 0 bridgehead atoms. The minimum absolute atomic E-state index is 0.303. The summed E-state index contributed by atoms with van der Waals surface area (Å²) in [5, 5.41) is 0. The van der Waals surface area contributed by atoms with Gasteiger partial charge >= 0.3 is 0 Å². The molecule has 4 heteroatoms. The fourth-order valence-corrected chi connectivity index (χ4v) is 1.31. The number of benzene rings is 2. The van der Waals surface area contributed by atoms with Crippen LogP contribution in [0.5, 0.6) is 11.5 Å². The molecule has 0 aliphatic heterocycles. The lowest BCUT2D eigenvalue weighted by Gasteiger charge is -2.03. The second-order valence-electron chi connectivity index (χ2n) is 3.24. The topological polar surface area (TPSA) is 55.3 Å². The van der Waals surface area contributed by atoms with Gasteiger partial charge in [-0.05, 0) is 18.2 Å². The maximum absolute atomic E-state index is 10.9. The maximum atomic E-state index is 10.9. The third kappa shape index (κ3) is 2.36. The Bertz CT molecular complexity index is 497. The average molecular weight is 215 g/mol. The molecule has 0 aliphatic carbocycles. The minimum Gasteiger partial charge on any atom is -0.457 e. The number of hydrogen-bond donors (Lipinski definition) is 1. The first kappa shape index (κ1) is 10.2. The summed E-state index contributed by atoms with van der Waals surface area (Å²) in [5.74, 6) is 6.39. The van der Waals surface area contributed by atoms with Crippen molar-refractivity contribution in [3.8, 4) is 11.5 Å². The molecular formula is C12H11N2O2+. The van der Waals surface area contributed by atoms with E-state index in [9.17, 15) is 4.91 Å².